The zero-order valence-corrected chi connectivity index (χ0v) is 12.7. The second-order valence-electron chi connectivity index (χ2n) is 5.08. The van der Waals surface area contributed by atoms with E-state index in [2.05, 4.69) is 15.3 Å². The van der Waals surface area contributed by atoms with Gasteiger partial charge in [0.1, 0.15) is 6.26 Å². The fraction of sp³-hybridized carbons (Fsp3) is 0.200. The molecule has 0 fully saturated rings. The summed E-state index contributed by atoms with van der Waals surface area (Å²) < 4.78 is 9.62. The van der Waals surface area contributed by atoms with Crippen LogP contribution in [0.5, 0.6) is 0 Å². The molecule has 3 aromatic rings. The predicted octanol–water partition coefficient (Wildman–Crippen LogP) is 0.611. The van der Waals surface area contributed by atoms with Crippen LogP contribution in [0.15, 0.2) is 44.5 Å². The van der Waals surface area contributed by atoms with Crippen molar-refractivity contribution in [3.05, 3.63) is 52.7 Å². The first-order valence-electron chi connectivity index (χ1n) is 7.09. The van der Waals surface area contributed by atoms with E-state index in [4.69, 9.17) is 8.83 Å². The highest BCUT2D eigenvalue weighted by Gasteiger charge is 2.14. The summed E-state index contributed by atoms with van der Waals surface area (Å²) in [6.45, 7) is 0.571. The summed E-state index contributed by atoms with van der Waals surface area (Å²) in [4.78, 5) is 42.9. The first kappa shape index (κ1) is 15.5. The van der Waals surface area contributed by atoms with Gasteiger partial charge in [0.2, 0.25) is 0 Å². The molecule has 124 valence electrons. The third kappa shape index (κ3) is 3.19. The summed E-state index contributed by atoms with van der Waals surface area (Å²) in [5, 5.41) is 2.64. The van der Waals surface area contributed by atoms with Crippen molar-refractivity contribution in [3.63, 3.8) is 0 Å². The number of nitrogens with one attached hydrogen (secondary N) is 2. The van der Waals surface area contributed by atoms with Crippen LogP contribution in [-0.4, -0.2) is 46.8 Å². The Balaban J connectivity index is 1.59. The molecule has 0 atom stereocenters. The summed E-state index contributed by atoms with van der Waals surface area (Å²) in [5.41, 5.74) is 1.43. The van der Waals surface area contributed by atoms with Gasteiger partial charge in [0.05, 0.1) is 5.52 Å². The number of amides is 2. The molecule has 2 amide bonds. The van der Waals surface area contributed by atoms with Crippen LogP contribution in [0.4, 0.5) is 0 Å². The standard InChI is InChI=1S/C15H14N4O5/c1-19(5-4-16-13(20)11-7-23-8-17-11)14(21)9-2-3-12-10(6-9)18-15(22)24-12/h2-3,6-8H,4-5H2,1H3,(H,16,20)(H,18,22). The first-order valence-corrected chi connectivity index (χ1v) is 7.09. The molecule has 24 heavy (non-hydrogen) atoms. The monoisotopic (exact) mass is 330 g/mol. The molecule has 9 nitrogen and oxygen atoms in total. The van der Waals surface area contributed by atoms with Gasteiger partial charge in [0.15, 0.2) is 17.7 Å². The maximum atomic E-state index is 12.4. The molecule has 3 rings (SSSR count). The number of H-pyrrole nitrogens is 1. The minimum Gasteiger partial charge on any atom is -0.451 e. The lowest BCUT2D eigenvalue weighted by Crippen LogP contribution is -2.36. The fourth-order valence-corrected chi connectivity index (χ4v) is 2.16. The number of benzene rings is 1. The molecule has 0 saturated heterocycles. The minimum atomic E-state index is -0.571. The van der Waals surface area contributed by atoms with Gasteiger partial charge in [-0.15, -0.1) is 0 Å². The molecule has 2 heterocycles. The third-order valence-corrected chi connectivity index (χ3v) is 3.41. The lowest BCUT2D eigenvalue weighted by molar-refractivity contribution is 0.0787. The molecule has 0 bridgehead atoms. The van der Waals surface area contributed by atoms with Crippen LogP contribution in [-0.2, 0) is 0 Å². The van der Waals surface area contributed by atoms with Crippen molar-refractivity contribution in [3.8, 4) is 0 Å². The van der Waals surface area contributed by atoms with Gasteiger partial charge < -0.3 is 19.1 Å². The van der Waals surface area contributed by atoms with Crippen LogP contribution in [0.25, 0.3) is 11.1 Å². The van der Waals surface area contributed by atoms with E-state index in [0.29, 0.717) is 23.2 Å². The smallest absolute Gasteiger partial charge is 0.417 e. The molecule has 0 spiro atoms. The molecular formula is C15H14N4O5. The van der Waals surface area contributed by atoms with Crippen LogP contribution in [0, 0.1) is 0 Å². The number of carbonyl (C=O) groups is 2. The molecule has 9 heteroatoms. The Kier molecular flexibility index (Phi) is 4.15. The number of carbonyl (C=O) groups excluding carboxylic acids is 2. The molecule has 0 aliphatic heterocycles. The topological polar surface area (TPSA) is 121 Å². The number of likely N-dealkylation sites (N-methyl/N-ethyl adjacent to an activating group) is 1. The normalized spacial score (nSPS) is 10.7. The van der Waals surface area contributed by atoms with Crippen LogP contribution >= 0.6 is 0 Å². The number of rotatable bonds is 5. The Morgan fingerprint density at radius 3 is 2.96 bits per heavy atom. The van der Waals surface area contributed by atoms with E-state index >= 15 is 0 Å². The number of aromatic nitrogens is 2. The van der Waals surface area contributed by atoms with Crippen molar-refractivity contribution in [2.24, 2.45) is 0 Å². The van der Waals surface area contributed by atoms with E-state index < -0.39 is 5.76 Å². The SMILES string of the molecule is CN(CCNC(=O)c1cocn1)C(=O)c1ccc2oc(=O)[nH]c2c1. The molecule has 1 aromatic carbocycles. The summed E-state index contributed by atoms with van der Waals surface area (Å²) in [5.74, 6) is -1.19. The molecule has 2 N–H and O–H groups in total. The lowest BCUT2D eigenvalue weighted by atomic mass is 10.2. The largest absolute Gasteiger partial charge is 0.451 e. The van der Waals surface area contributed by atoms with E-state index in [9.17, 15) is 14.4 Å². The lowest BCUT2D eigenvalue weighted by Gasteiger charge is -2.17. The minimum absolute atomic E-state index is 0.179. The number of oxazole rings is 2. The average molecular weight is 330 g/mol. The van der Waals surface area contributed by atoms with Crippen LogP contribution in [0.3, 0.4) is 0 Å². The van der Waals surface area contributed by atoms with Crippen molar-refractivity contribution in [1.82, 2.24) is 20.2 Å². The second-order valence-corrected chi connectivity index (χ2v) is 5.08. The quantitative estimate of drug-likeness (QED) is 0.707. The molecule has 0 radical (unpaired) electrons. The van der Waals surface area contributed by atoms with Crippen LogP contribution in [0.2, 0.25) is 0 Å². The zero-order chi connectivity index (χ0) is 17.1. The Labute approximate surface area is 135 Å². The van der Waals surface area contributed by atoms with Crippen molar-refractivity contribution in [1.29, 1.82) is 0 Å². The van der Waals surface area contributed by atoms with E-state index in [1.807, 2.05) is 0 Å². The zero-order valence-electron chi connectivity index (χ0n) is 12.7. The Hall–Kier alpha value is -3.36. The van der Waals surface area contributed by atoms with Gasteiger partial charge in [0, 0.05) is 25.7 Å². The van der Waals surface area contributed by atoms with Gasteiger partial charge in [-0.25, -0.2) is 9.78 Å². The highest BCUT2D eigenvalue weighted by molar-refractivity contribution is 5.97. The average Bonchev–Trinajstić information content (AvgIpc) is 3.21. The number of fused-ring (bicyclic) bond motifs is 1. The Morgan fingerprint density at radius 1 is 1.38 bits per heavy atom. The third-order valence-electron chi connectivity index (χ3n) is 3.41. The van der Waals surface area contributed by atoms with E-state index in [0.717, 1.165) is 0 Å². The van der Waals surface area contributed by atoms with Gasteiger partial charge >= 0.3 is 5.76 Å². The summed E-state index contributed by atoms with van der Waals surface area (Å²) in [6.07, 6.45) is 2.41. The summed E-state index contributed by atoms with van der Waals surface area (Å²) >= 11 is 0. The van der Waals surface area contributed by atoms with Crippen molar-refractivity contribution < 1.29 is 18.4 Å². The molecule has 2 aromatic heterocycles. The maximum Gasteiger partial charge on any atom is 0.417 e. The fourth-order valence-electron chi connectivity index (χ4n) is 2.16. The molecule has 0 aliphatic rings. The maximum absolute atomic E-state index is 12.4. The van der Waals surface area contributed by atoms with Gasteiger partial charge in [-0.3, -0.25) is 14.6 Å². The molecule has 0 saturated carbocycles. The number of nitrogens with zero attached hydrogens (tertiary/aromatic N) is 2. The highest BCUT2D eigenvalue weighted by Crippen LogP contribution is 2.13. The number of hydrogen-bond donors (Lipinski definition) is 2. The van der Waals surface area contributed by atoms with Gasteiger partial charge in [-0.05, 0) is 18.2 Å². The number of hydrogen-bond acceptors (Lipinski definition) is 6. The highest BCUT2D eigenvalue weighted by atomic mass is 16.4. The molecular weight excluding hydrogens is 316 g/mol. The van der Waals surface area contributed by atoms with E-state index in [-0.39, 0.29) is 24.1 Å². The van der Waals surface area contributed by atoms with E-state index in [1.54, 1.807) is 25.2 Å². The molecule has 0 unspecified atom stereocenters. The Morgan fingerprint density at radius 2 is 2.21 bits per heavy atom. The summed E-state index contributed by atoms with van der Waals surface area (Å²) in [7, 11) is 1.62. The second kappa shape index (κ2) is 6.41. The Bertz CT molecular complexity index is 925. The number of aromatic amines is 1. The summed E-state index contributed by atoms with van der Waals surface area (Å²) in [6, 6.07) is 4.68. The van der Waals surface area contributed by atoms with Gasteiger partial charge in [0.25, 0.3) is 11.8 Å². The van der Waals surface area contributed by atoms with Crippen LogP contribution < -0.4 is 11.1 Å². The first-order chi connectivity index (χ1) is 11.5. The molecule has 0 aliphatic carbocycles. The van der Waals surface area contributed by atoms with Crippen molar-refractivity contribution in [2.75, 3.05) is 20.1 Å². The van der Waals surface area contributed by atoms with Crippen LogP contribution in [0.1, 0.15) is 20.8 Å². The predicted molar refractivity (Wildman–Crippen MR) is 82.6 cm³/mol. The van der Waals surface area contributed by atoms with E-state index in [1.165, 1.54) is 17.6 Å². The van der Waals surface area contributed by atoms with Crippen molar-refractivity contribution >= 4 is 22.9 Å². The van der Waals surface area contributed by atoms with Gasteiger partial charge in [-0.1, -0.05) is 0 Å². The van der Waals surface area contributed by atoms with Crippen molar-refractivity contribution in [2.45, 2.75) is 0 Å². The van der Waals surface area contributed by atoms with Gasteiger partial charge in [-0.2, -0.15) is 0 Å².